The molecule has 0 radical (unpaired) electrons. The molecule has 1 heterocycles. The van der Waals surface area contributed by atoms with Gasteiger partial charge < -0.3 is 20.5 Å². The number of aliphatic hydroxyl groups excluding tert-OH is 1. The maximum atomic E-state index is 10.4. The molecule has 0 bridgehead atoms. The van der Waals surface area contributed by atoms with Crippen LogP contribution in [-0.4, -0.2) is 41.8 Å². The van der Waals surface area contributed by atoms with E-state index in [1.165, 1.54) is 6.42 Å². The number of nitrogens with zero attached hydrogens (tertiary/aromatic N) is 1. The minimum atomic E-state index is -0.697. The summed E-state index contributed by atoms with van der Waals surface area (Å²) in [5.74, 6) is 1.30. The van der Waals surface area contributed by atoms with E-state index in [0.29, 0.717) is 16.7 Å². The van der Waals surface area contributed by atoms with E-state index in [4.69, 9.17) is 22.1 Å². The summed E-state index contributed by atoms with van der Waals surface area (Å²) in [4.78, 5) is 2.25. The largest absolute Gasteiger partial charge is 0.489 e. The number of ether oxygens (including phenoxy) is 1. The SMILES string of the molecule is CC1CC1Oc1ccc([C@@H](O)[C@H](N)CN2CCC2)cc1Cl. The maximum absolute atomic E-state index is 10.4. The Kier molecular flexibility index (Phi) is 4.41. The Morgan fingerprint density at radius 3 is 2.71 bits per heavy atom. The highest BCUT2D eigenvalue weighted by Gasteiger charge is 2.35. The van der Waals surface area contributed by atoms with Crippen LogP contribution in [0.5, 0.6) is 5.75 Å². The molecule has 3 N–H and O–H groups in total. The summed E-state index contributed by atoms with van der Waals surface area (Å²) in [6, 6.07) is 5.17. The van der Waals surface area contributed by atoms with E-state index in [1.807, 2.05) is 12.1 Å². The van der Waals surface area contributed by atoms with Crippen molar-refractivity contribution >= 4 is 11.6 Å². The fourth-order valence-corrected chi connectivity index (χ4v) is 2.85. The molecule has 1 saturated carbocycles. The van der Waals surface area contributed by atoms with Crippen LogP contribution in [0, 0.1) is 5.92 Å². The fraction of sp³-hybridized carbons (Fsp3) is 0.625. The van der Waals surface area contributed by atoms with Crippen molar-refractivity contribution in [1.29, 1.82) is 0 Å². The lowest BCUT2D eigenvalue weighted by molar-refractivity contribution is 0.0955. The average Bonchev–Trinajstić information content (AvgIpc) is 3.10. The lowest BCUT2D eigenvalue weighted by atomic mass is 10.0. The summed E-state index contributed by atoms with van der Waals surface area (Å²) in [5, 5.41) is 10.9. The summed E-state index contributed by atoms with van der Waals surface area (Å²) >= 11 is 6.25. The van der Waals surface area contributed by atoms with Crippen molar-refractivity contribution in [2.45, 2.75) is 38.0 Å². The number of nitrogens with two attached hydrogens (primary N) is 1. The Hall–Kier alpha value is -0.810. The van der Waals surface area contributed by atoms with E-state index < -0.39 is 6.10 Å². The highest BCUT2D eigenvalue weighted by molar-refractivity contribution is 6.32. The molecule has 4 nitrogen and oxygen atoms in total. The van der Waals surface area contributed by atoms with Crippen molar-refractivity contribution in [3.8, 4) is 5.75 Å². The number of halogens is 1. The van der Waals surface area contributed by atoms with Crippen LogP contribution in [-0.2, 0) is 0 Å². The van der Waals surface area contributed by atoms with Crippen molar-refractivity contribution in [2.24, 2.45) is 11.7 Å². The van der Waals surface area contributed by atoms with Gasteiger partial charge in [0.25, 0.3) is 0 Å². The van der Waals surface area contributed by atoms with Gasteiger partial charge in [-0.05, 0) is 49.5 Å². The van der Waals surface area contributed by atoms with E-state index in [9.17, 15) is 5.11 Å². The molecule has 2 fully saturated rings. The van der Waals surface area contributed by atoms with E-state index in [-0.39, 0.29) is 12.1 Å². The smallest absolute Gasteiger partial charge is 0.138 e. The molecule has 2 unspecified atom stereocenters. The molecular weight excluding hydrogens is 288 g/mol. The van der Waals surface area contributed by atoms with Crippen LogP contribution < -0.4 is 10.5 Å². The molecule has 3 rings (SSSR count). The summed E-state index contributed by atoms with van der Waals surface area (Å²) in [5.41, 5.74) is 6.84. The van der Waals surface area contributed by atoms with Crippen molar-refractivity contribution < 1.29 is 9.84 Å². The quantitative estimate of drug-likeness (QED) is 0.845. The Morgan fingerprint density at radius 1 is 1.48 bits per heavy atom. The molecule has 2 aliphatic rings. The first-order valence-corrected chi connectivity index (χ1v) is 8.04. The van der Waals surface area contributed by atoms with Crippen molar-refractivity contribution in [1.82, 2.24) is 4.90 Å². The number of rotatable bonds is 6. The molecule has 1 aromatic rings. The standard InChI is InChI=1S/C16H23ClN2O2/c1-10-7-15(10)21-14-4-3-11(8-12(14)17)16(20)13(18)9-19-5-2-6-19/h3-4,8,10,13,15-16,20H,2,5-7,9,18H2,1H3/t10?,13-,15?,16-/m1/s1. The maximum Gasteiger partial charge on any atom is 0.138 e. The van der Waals surface area contributed by atoms with Gasteiger partial charge in [-0.3, -0.25) is 0 Å². The molecular formula is C16H23ClN2O2. The minimum Gasteiger partial charge on any atom is -0.489 e. The Labute approximate surface area is 130 Å². The molecule has 116 valence electrons. The first-order chi connectivity index (χ1) is 10.0. The zero-order valence-corrected chi connectivity index (χ0v) is 13.1. The van der Waals surface area contributed by atoms with Gasteiger partial charge in [0.05, 0.1) is 11.1 Å². The zero-order valence-electron chi connectivity index (χ0n) is 12.3. The van der Waals surface area contributed by atoms with Gasteiger partial charge in [-0.2, -0.15) is 0 Å². The van der Waals surface area contributed by atoms with Crippen molar-refractivity contribution in [3.63, 3.8) is 0 Å². The van der Waals surface area contributed by atoms with Gasteiger partial charge in [0.1, 0.15) is 11.9 Å². The predicted octanol–water partition coefficient (Wildman–Crippen LogP) is 2.19. The highest BCUT2D eigenvalue weighted by Crippen LogP contribution is 2.37. The molecule has 1 aromatic carbocycles. The van der Waals surface area contributed by atoms with Crippen LogP contribution in [0.4, 0.5) is 0 Å². The van der Waals surface area contributed by atoms with Gasteiger partial charge in [0.15, 0.2) is 0 Å². The van der Waals surface area contributed by atoms with Gasteiger partial charge >= 0.3 is 0 Å². The fourth-order valence-electron chi connectivity index (χ4n) is 2.62. The van der Waals surface area contributed by atoms with E-state index in [1.54, 1.807) is 6.07 Å². The number of likely N-dealkylation sites (tertiary alicyclic amines) is 1. The lowest BCUT2D eigenvalue weighted by Crippen LogP contribution is -2.47. The van der Waals surface area contributed by atoms with Crippen molar-refractivity contribution in [2.75, 3.05) is 19.6 Å². The third kappa shape index (κ3) is 3.51. The van der Waals surface area contributed by atoms with E-state index >= 15 is 0 Å². The Balaban J connectivity index is 1.62. The van der Waals surface area contributed by atoms with Gasteiger partial charge in [-0.25, -0.2) is 0 Å². The zero-order chi connectivity index (χ0) is 15.0. The average molecular weight is 311 g/mol. The number of hydrogen-bond donors (Lipinski definition) is 2. The van der Waals surface area contributed by atoms with Crippen LogP contribution in [0.2, 0.25) is 5.02 Å². The molecule has 0 aromatic heterocycles. The van der Waals surface area contributed by atoms with E-state index in [2.05, 4.69) is 11.8 Å². The molecule has 21 heavy (non-hydrogen) atoms. The van der Waals surface area contributed by atoms with Crippen LogP contribution in [0.15, 0.2) is 18.2 Å². The topological polar surface area (TPSA) is 58.7 Å². The molecule has 5 heteroatoms. The van der Waals surface area contributed by atoms with Crippen LogP contribution in [0.1, 0.15) is 31.4 Å². The molecule has 4 atom stereocenters. The van der Waals surface area contributed by atoms with Gasteiger partial charge in [0, 0.05) is 12.6 Å². The Bertz CT molecular complexity index is 507. The summed E-state index contributed by atoms with van der Waals surface area (Å²) in [6.45, 7) is 5.03. The third-order valence-corrected chi connectivity index (χ3v) is 4.73. The first kappa shape index (κ1) is 15.1. The normalized spacial score (nSPS) is 27.8. The molecule has 0 spiro atoms. The van der Waals surface area contributed by atoms with Crippen LogP contribution in [0.3, 0.4) is 0 Å². The molecule has 1 aliphatic heterocycles. The Morgan fingerprint density at radius 2 is 2.19 bits per heavy atom. The van der Waals surface area contributed by atoms with Gasteiger partial charge in [-0.1, -0.05) is 24.6 Å². The molecule has 1 saturated heterocycles. The minimum absolute atomic E-state index is 0.284. The third-order valence-electron chi connectivity index (χ3n) is 4.43. The highest BCUT2D eigenvalue weighted by atomic mass is 35.5. The molecule has 0 amide bonds. The second-order valence-electron chi connectivity index (χ2n) is 6.32. The monoisotopic (exact) mass is 310 g/mol. The van der Waals surface area contributed by atoms with Gasteiger partial charge in [0.2, 0.25) is 0 Å². The van der Waals surface area contributed by atoms with Crippen molar-refractivity contribution in [3.05, 3.63) is 28.8 Å². The molecule has 1 aliphatic carbocycles. The summed E-state index contributed by atoms with van der Waals surface area (Å²) in [7, 11) is 0. The summed E-state index contributed by atoms with van der Waals surface area (Å²) in [6.07, 6.45) is 1.89. The van der Waals surface area contributed by atoms with Crippen LogP contribution >= 0.6 is 11.6 Å². The first-order valence-electron chi connectivity index (χ1n) is 7.66. The van der Waals surface area contributed by atoms with E-state index in [0.717, 1.165) is 31.6 Å². The number of benzene rings is 1. The lowest BCUT2D eigenvalue weighted by Gasteiger charge is -2.34. The summed E-state index contributed by atoms with van der Waals surface area (Å²) < 4.78 is 5.80. The predicted molar refractivity (Wildman–Crippen MR) is 83.6 cm³/mol. The number of aliphatic hydroxyl groups is 1. The number of hydrogen-bond acceptors (Lipinski definition) is 4. The van der Waals surface area contributed by atoms with Gasteiger partial charge in [-0.15, -0.1) is 0 Å². The second kappa shape index (κ2) is 6.13. The second-order valence-corrected chi connectivity index (χ2v) is 6.73. The van der Waals surface area contributed by atoms with Crippen LogP contribution in [0.25, 0.3) is 0 Å².